The highest BCUT2D eigenvalue weighted by Crippen LogP contribution is 2.29. The smallest absolute Gasteiger partial charge is 0.354 e. The van der Waals surface area contributed by atoms with Crippen LogP contribution in [-0.4, -0.2) is 28.2 Å². The Morgan fingerprint density at radius 2 is 2.00 bits per heavy atom. The molecule has 0 spiro atoms. The van der Waals surface area contributed by atoms with Gasteiger partial charge in [0.2, 0.25) is 0 Å². The fraction of sp³-hybridized carbons (Fsp3) is 0.214. The van der Waals surface area contributed by atoms with Crippen molar-refractivity contribution in [1.82, 2.24) is 9.97 Å². The van der Waals surface area contributed by atoms with Crippen molar-refractivity contribution >= 4 is 5.97 Å². The number of methoxy groups -OCH3 is 1. The van der Waals surface area contributed by atoms with Gasteiger partial charge in [0, 0.05) is 23.0 Å². The molecule has 2 aromatic rings. The summed E-state index contributed by atoms with van der Waals surface area (Å²) in [6.07, 6.45) is 3.32. The van der Waals surface area contributed by atoms with Gasteiger partial charge >= 0.3 is 5.97 Å². The first kappa shape index (κ1) is 13.0. The molecule has 0 saturated carbocycles. The van der Waals surface area contributed by atoms with Gasteiger partial charge in [-0.1, -0.05) is 0 Å². The Bertz CT molecular complexity index is 639. The van der Waals surface area contributed by atoms with Gasteiger partial charge in [-0.15, -0.1) is 0 Å². The number of aromatic nitrogens is 2. The van der Waals surface area contributed by atoms with Crippen molar-refractivity contribution in [3.8, 4) is 16.9 Å². The number of carboxylic acid groups (broad SMARTS) is 1. The van der Waals surface area contributed by atoms with Crippen LogP contribution in [0.1, 0.15) is 21.7 Å². The average Bonchev–Trinajstić information content (AvgIpc) is 2.38. The van der Waals surface area contributed by atoms with E-state index in [9.17, 15) is 4.79 Å². The van der Waals surface area contributed by atoms with E-state index in [1.165, 1.54) is 0 Å². The first-order valence-corrected chi connectivity index (χ1v) is 5.74. The van der Waals surface area contributed by atoms with Gasteiger partial charge in [0.25, 0.3) is 0 Å². The third kappa shape index (κ3) is 2.54. The summed E-state index contributed by atoms with van der Waals surface area (Å²) in [6, 6.07) is 3.37. The van der Waals surface area contributed by atoms with E-state index in [2.05, 4.69) is 9.97 Å². The average molecular weight is 258 g/mol. The third-order valence-corrected chi connectivity index (χ3v) is 2.87. The van der Waals surface area contributed by atoms with E-state index in [1.807, 2.05) is 13.0 Å². The second kappa shape index (κ2) is 5.06. The minimum absolute atomic E-state index is 0.0252. The van der Waals surface area contributed by atoms with Crippen molar-refractivity contribution in [3.63, 3.8) is 0 Å². The van der Waals surface area contributed by atoms with Crippen molar-refractivity contribution in [3.05, 3.63) is 41.5 Å². The molecule has 2 aromatic heterocycles. The Hall–Kier alpha value is -2.43. The van der Waals surface area contributed by atoms with Crippen LogP contribution in [0.15, 0.2) is 24.5 Å². The van der Waals surface area contributed by atoms with Gasteiger partial charge < -0.3 is 9.84 Å². The van der Waals surface area contributed by atoms with Crippen LogP contribution in [0, 0.1) is 13.8 Å². The number of hydrogen-bond acceptors (Lipinski definition) is 4. The molecule has 0 saturated heterocycles. The van der Waals surface area contributed by atoms with E-state index in [-0.39, 0.29) is 5.69 Å². The van der Waals surface area contributed by atoms with Crippen LogP contribution in [0.4, 0.5) is 0 Å². The van der Waals surface area contributed by atoms with Gasteiger partial charge in [-0.3, -0.25) is 4.98 Å². The number of ether oxygens (including phenoxy) is 1. The largest absolute Gasteiger partial charge is 0.495 e. The minimum Gasteiger partial charge on any atom is -0.495 e. The molecule has 0 aromatic carbocycles. The molecular formula is C14H14N2O3. The number of hydrogen-bond donors (Lipinski definition) is 1. The first-order valence-electron chi connectivity index (χ1n) is 5.74. The highest BCUT2D eigenvalue weighted by Gasteiger charge is 2.12. The molecule has 0 aliphatic heterocycles. The number of carbonyl (C=O) groups is 1. The van der Waals surface area contributed by atoms with Crippen LogP contribution in [0.5, 0.6) is 5.75 Å². The summed E-state index contributed by atoms with van der Waals surface area (Å²) in [5.74, 6) is -0.373. The molecule has 0 atom stereocenters. The maximum absolute atomic E-state index is 11.0. The zero-order valence-electron chi connectivity index (χ0n) is 11.0. The predicted octanol–water partition coefficient (Wildman–Crippen LogP) is 2.47. The van der Waals surface area contributed by atoms with E-state index in [0.29, 0.717) is 11.4 Å². The number of aryl methyl sites for hydroxylation is 1. The molecule has 0 amide bonds. The van der Waals surface area contributed by atoms with E-state index in [4.69, 9.17) is 9.84 Å². The molecule has 1 N–H and O–H groups in total. The van der Waals surface area contributed by atoms with Crippen molar-refractivity contribution in [2.45, 2.75) is 13.8 Å². The molecule has 5 nitrogen and oxygen atoms in total. The molecule has 0 unspecified atom stereocenters. The summed E-state index contributed by atoms with van der Waals surface area (Å²) in [4.78, 5) is 19.1. The number of nitrogens with zero attached hydrogens (tertiary/aromatic N) is 2. The standard InChI is InChI=1S/C14H14N2O3/c1-8-4-10(5-12(16-8)14(17)18)11-6-15-7-13(19-3)9(11)2/h4-7H,1-3H3,(H,17,18). The minimum atomic E-state index is -1.04. The number of aromatic carboxylic acids is 1. The zero-order valence-corrected chi connectivity index (χ0v) is 11.0. The fourth-order valence-electron chi connectivity index (χ4n) is 1.94. The Morgan fingerprint density at radius 3 is 2.63 bits per heavy atom. The lowest BCUT2D eigenvalue weighted by molar-refractivity contribution is 0.0690. The van der Waals surface area contributed by atoms with Crippen LogP contribution in [-0.2, 0) is 0 Å². The topological polar surface area (TPSA) is 72.3 Å². The molecule has 19 heavy (non-hydrogen) atoms. The highest BCUT2D eigenvalue weighted by atomic mass is 16.5. The van der Waals surface area contributed by atoms with E-state index in [1.54, 1.807) is 32.5 Å². The molecule has 2 heterocycles. The van der Waals surface area contributed by atoms with Gasteiger partial charge in [-0.2, -0.15) is 0 Å². The maximum Gasteiger partial charge on any atom is 0.354 e. The molecule has 0 radical (unpaired) electrons. The van der Waals surface area contributed by atoms with Crippen LogP contribution < -0.4 is 4.74 Å². The number of rotatable bonds is 3. The molecule has 0 fully saturated rings. The zero-order chi connectivity index (χ0) is 14.0. The summed E-state index contributed by atoms with van der Waals surface area (Å²) < 4.78 is 5.22. The fourth-order valence-corrected chi connectivity index (χ4v) is 1.94. The second-order valence-corrected chi connectivity index (χ2v) is 4.20. The van der Waals surface area contributed by atoms with E-state index in [0.717, 1.165) is 16.7 Å². The number of carboxylic acids is 1. The van der Waals surface area contributed by atoms with Crippen LogP contribution in [0.25, 0.3) is 11.1 Å². The third-order valence-electron chi connectivity index (χ3n) is 2.87. The predicted molar refractivity (Wildman–Crippen MR) is 70.5 cm³/mol. The lowest BCUT2D eigenvalue weighted by Crippen LogP contribution is -2.02. The molecule has 98 valence electrons. The van der Waals surface area contributed by atoms with Gasteiger partial charge in [0.05, 0.1) is 13.3 Å². The van der Waals surface area contributed by atoms with Crippen LogP contribution in [0.3, 0.4) is 0 Å². The first-order chi connectivity index (χ1) is 9.02. The van der Waals surface area contributed by atoms with Crippen molar-refractivity contribution in [2.24, 2.45) is 0 Å². The van der Waals surface area contributed by atoms with Gasteiger partial charge in [0.1, 0.15) is 11.4 Å². The Labute approximate surface area is 110 Å². The molecule has 5 heteroatoms. The Balaban J connectivity index is 2.62. The van der Waals surface area contributed by atoms with Crippen molar-refractivity contribution in [2.75, 3.05) is 7.11 Å². The number of pyridine rings is 2. The van der Waals surface area contributed by atoms with E-state index < -0.39 is 5.97 Å². The Kier molecular flexibility index (Phi) is 3.46. The summed E-state index contributed by atoms with van der Waals surface area (Å²) in [6.45, 7) is 3.67. The molecule has 0 aliphatic carbocycles. The van der Waals surface area contributed by atoms with Crippen molar-refractivity contribution in [1.29, 1.82) is 0 Å². The molecular weight excluding hydrogens is 244 g/mol. The maximum atomic E-state index is 11.0. The molecule has 0 bridgehead atoms. The van der Waals surface area contributed by atoms with Crippen molar-refractivity contribution < 1.29 is 14.6 Å². The summed E-state index contributed by atoms with van der Waals surface area (Å²) in [5, 5.41) is 9.05. The monoisotopic (exact) mass is 258 g/mol. The SMILES string of the molecule is COc1cncc(-c2cc(C)nc(C(=O)O)c2)c1C. The lowest BCUT2D eigenvalue weighted by Gasteiger charge is -2.10. The van der Waals surface area contributed by atoms with Crippen LogP contribution >= 0.6 is 0 Å². The normalized spacial score (nSPS) is 10.3. The van der Waals surface area contributed by atoms with Crippen LogP contribution in [0.2, 0.25) is 0 Å². The second-order valence-electron chi connectivity index (χ2n) is 4.20. The van der Waals surface area contributed by atoms with Gasteiger partial charge in [-0.25, -0.2) is 9.78 Å². The van der Waals surface area contributed by atoms with E-state index >= 15 is 0 Å². The molecule has 0 aliphatic rings. The van der Waals surface area contributed by atoms with Gasteiger partial charge in [-0.05, 0) is 31.5 Å². The summed E-state index contributed by atoms with van der Waals surface area (Å²) >= 11 is 0. The summed E-state index contributed by atoms with van der Waals surface area (Å²) in [5.41, 5.74) is 3.20. The highest BCUT2D eigenvalue weighted by molar-refractivity contribution is 5.87. The lowest BCUT2D eigenvalue weighted by atomic mass is 10.0. The quantitative estimate of drug-likeness (QED) is 0.915. The van der Waals surface area contributed by atoms with Gasteiger partial charge in [0.15, 0.2) is 0 Å². The Morgan fingerprint density at radius 1 is 1.26 bits per heavy atom. The summed E-state index contributed by atoms with van der Waals surface area (Å²) in [7, 11) is 1.58. The molecule has 2 rings (SSSR count).